The lowest BCUT2D eigenvalue weighted by molar-refractivity contribution is -0.171. The summed E-state index contributed by atoms with van der Waals surface area (Å²) in [6.45, 7) is 4.76. The molecule has 5 rings (SSSR count). The number of hydrogen-bond acceptors (Lipinski definition) is 3. The van der Waals surface area contributed by atoms with Crippen LogP contribution in [0.2, 0.25) is 0 Å². The molecule has 0 amide bonds. The van der Waals surface area contributed by atoms with Crippen molar-refractivity contribution in [2.75, 3.05) is 0 Å². The first-order chi connectivity index (χ1) is 8.50. The highest BCUT2D eigenvalue weighted by Gasteiger charge is 2.63. The van der Waals surface area contributed by atoms with Crippen molar-refractivity contribution >= 4 is 11.9 Å². The fourth-order valence-electron chi connectivity index (χ4n) is 5.51. The molecular weight excluding hydrogens is 228 g/mol. The first-order valence-corrected chi connectivity index (χ1v) is 7.25. The van der Waals surface area contributed by atoms with Crippen LogP contribution in [0.25, 0.3) is 0 Å². The quantitative estimate of drug-likeness (QED) is 0.488. The van der Waals surface area contributed by atoms with E-state index in [0.717, 1.165) is 31.1 Å². The average Bonchev–Trinajstić information content (AvgIpc) is 2.64. The number of carbonyl (C=O) groups is 2. The number of rotatable bonds is 0. The number of cyclic esters (lactones) is 2. The Bertz CT molecular complexity index is 439. The van der Waals surface area contributed by atoms with Gasteiger partial charge in [-0.2, -0.15) is 0 Å². The fourth-order valence-corrected chi connectivity index (χ4v) is 5.51. The lowest BCUT2D eigenvalue weighted by Crippen LogP contribution is -2.59. The first kappa shape index (κ1) is 11.0. The van der Waals surface area contributed by atoms with Gasteiger partial charge in [0.05, 0.1) is 11.8 Å². The van der Waals surface area contributed by atoms with Gasteiger partial charge in [-0.3, -0.25) is 9.59 Å². The Morgan fingerprint density at radius 1 is 1.06 bits per heavy atom. The molecule has 0 spiro atoms. The van der Waals surface area contributed by atoms with Crippen LogP contribution in [0.3, 0.4) is 0 Å². The number of esters is 2. The van der Waals surface area contributed by atoms with Gasteiger partial charge in [-0.1, -0.05) is 13.8 Å². The number of fused-ring (bicyclic) bond motifs is 1. The number of carbonyl (C=O) groups excluding carboxylic acids is 2. The van der Waals surface area contributed by atoms with Crippen LogP contribution in [-0.2, 0) is 14.3 Å². The maximum Gasteiger partial charge on any atom is 0.317 e. The molecule has 0 aromatic heterocycles. The predicted octanol–water partition coefficient (Wildman–Crippen LogP) is 2.39. The Morgan fingerprint density at radius 2 is 1.83 bits per heavy atom. The number of ether oxygens (including phenoxy) is 1. The van der Waals surface area contributed by atoms with E-state index in [-0.39, 0.29) is 23.8 Å². The Kier molecular flexibility index (Phi) is 1.94. The van der Waals surface area contributed by atoms with E-state index < -0.39 is 0 Å². The molecule has 1 aliphatic heterocycles. The van der Waals surface area contributed by atoms with Crippen LogP contribution >= 0.6 is 0 Å². The van der Waals surface area contributed by atoms with Gasteiger partial charge in [-0.15, -0.1) is 0 Å². The summed E-state index contributed by atoms with van der Waals surface area (Å²) in [5.41, 5.74) is 0.459. The van der Waals surface area contributed by atoms with E-state index in [1.54, 1.807) is 0 Å². The Labute approximate surface area is 107 Å². The molecule has 0 aromatic carbocycles. The zero-order valence-electron chi connectivity index (χ0n) is 11.0. The third-order valence-electron chi connectivity index (χ3n) is 6.65. The van der Waals surface area contributed by atoms with Gasteiger partial charge in [0.25, 0.3) is 0 Å². The molecule has 98 valence electrons. The lowest BCUT2D eigenvalue weighted by atomic mass is 9.40. The van der Waals surface area contributed by atoms with Crippen LogP contribution < -0.4 is 0 Å². The Morgan fingerprint density at radius 3 is 2.56 bits per heavy atom. The lowest BCUT2D eigenvalue weighted by Gasteiger charge is -2.64. The van der Waals surface area contributed by atoms with E-state index in [0.29, 0.717) is 17.3 Å². The van der Waals surface area contributed by atoms with Gasteiger partial charge in [0, 0.05) is 0 Å². The second-order valence-electron chi connectivity index (χ2n) is 7.37. The first-order valence-electron chi connectivity index (χ1n) is 7.25. The maximum atomic E-state index is 11.9. The van der Waals surface area contributed by atoms with Crippen LogP contribution in [0.4, 0.5) is 0 Å². The van der Waals surface area contributed by atoms with E-state index in [1.807, 2.05) is 0 Å². The minimum absolute atomic E-state index is 0.0994. The van der Waals surface area contributed by atoms with Crippen molar-refractivity contribution in [3.63, 3.8) is 0 Å². The molecule has 3 heteroatoms. The largest absolute Gasteiger partial charge is 0.393 e. The summed E-state index contributed by atoms with van der Waals surface area (Å²) in [5.74, 6) is 1.93. The average molecular weight is 248 g/mol. The van der Waals surface area contributed by atoms with Crippen molar-refractivity contribution in [3.8, 4) is 0 Å². The molecule has 5 aliphatic rings. The summed E-state index contributed by atoms with van der Waals surface area (Å²) in [5, 5.41) is 0. The molecule has 6 atom stereocenters. The van der Waals surface area contributed by atoms with Gasteiger partial charge in [0.15, 0.2) is 0 Å². The molecule has 5 fully saturated rings. The Hall–Kier alpha value is -0.860. The van der Waals surface area contributed by atoms with E-state index in [9.17, 15) is 9.59 Å². The molecule has 4 saturated carbocycles. The topological polar surface area (TPSA) is 43.4 Å². The fraction of sp³-hybridized carbons (Fsp3) is 0.867. The minimum atomic E-state index is -0.248. The molecule has 1 heterocycles. The normalized spacial score (nSPS) is 52.1. The highest BCUT2D eigenvalue weighted by Crippen LogP contribution is 2.67. The van der Waals surface area contributed by atoms with Gasteiger partial charge in [-0.25, -0.2) is 0 Å². The zero-order chi connectivity index (χ0) is 12.7. The van der Waals surface area contributed by atoms with Crippen LogP contribution in [0, 0.1) is 40.9 Å². The summed E-state index contributed by atoms with van der Waals surface area (Å²) >= 11 is 0. The molecule has 0 aromatic rings. The SMILES string of the molecule is CC1(C)[C@H]2C[C@@H]3[C@H](CC[C@H]4C(=O)OC(=O)[C@H]34)[C@@H]1C2. The van der Waals surface area contributed by atoms with E-state index in [4.69, 9.17) is 4.74 Å². The monoisotopic (exact) mass is 248 g/mol. The van der Waals surface area contributed by atoms with Crippen molar-refractivity contribution in [2.24, 2.45) is 40.9 Å². The van der Waals surface area contributed by atoms with E-state index >= 15 is 0 Å². The van der Waals surface area contributed by atoms with Gasteiger partial charge in [-0.05, 0) is 54.8 Å². The summed E-state index contributed by atoms with van der Waals surface area (Å²) in [6.07, 6.45) is 4.47. The summed E-state index contributed by atoms with van der Waals surface area (Å²) < 4.78 is 4.88. The molecule has 0 radical (unpaired) electrons. The highest BCUT2D eigenvalue weighted by molar-refractivity contribution is 5.96. The maximum absolute atomic E-state index is 11.9. The van der Waals surface area contributed by atoms with Gasteiger partial charge >= 0.3 is 11.9 Å². The van der Waals surface area contributed by atoms with Gasteiger partial charge in [0.1, 0.15) is 0 Å². The molecule has 0 N–H and O–H groups in total. The molecule has 2 bridgehead atoms. The van der Waals surface area contributed by atoms with Crippen molar-refractivity contribution < 1.29 is 14.3 Å². The third-order valence-corrected chi connectivity index (χ3v) is 6.65. The van der Waals surface area contributed by atoms with Crippen molar-refractivity contribution in [3.05, 3.63) is 0 Å². The number of hydrogen-bond donors (Lipinski definition) is 0. The van der Waals surface area contributed by atoms with Gasteiger partial charge < -0.3 is 4.74 Å². The predicted molar refractivity (Wildman–Crippen MR) is 64.3 cm³/mol. The van der Waals surface area contributed by atoms with Crippen molar-refractivity contribution in [1.82, 2.24) is 0 Å². The summed E-state index contributed by atoms with van der Waals surface area (Å²) in [7, 11) is 0. The molecule has 4 aliphatic carbocycles. The highest BCUT2D eigenvalue weighted by atomic mass is 16.6. The second-order valence-corrected chi connectivity index (χ2v) is 7.37. The molecule has 1 saturated heterocycles. The molecule has 3 nitrogen and oxygen atoms in total. The van der Waals surface area contributed by atoms with Crippen molar-refractivity contribution in [2.45, 2.75) is 39.5 Å². The van der Waals surface area contributed by atoms with Crippen molar-refractivity contribution in [1.29, 1.82) is 0 Å². The van der Waals surface area contributed by atoms with Gasteiger partial charge in [0.2, 0.25) is 0 Å². The van der Waals surface area contributed by atoms with E-state index in [1.165, 1.54) is 6.42 Å². The van der Waals surface area contributed by atoms with E-state index in [2.05, 4.69) is 13.8 Å². The Balaban J connectivity index is 1.67. The zero-order valence-corrected chi connectivity index (χ0v) is 11.0. The molecular formula is C15H20O3. The molecule has 18 heavy (non-hydrogen) atoms. The van der Waals surface area contributed by atoms with Crippen LogP contribution in [0.15, 0.2) is 0 Å². The van der Waals surface area contributed by atoms with Crippen LogP contribution in [-0.4, -0.2) is 11.9 Å². The smallest absolute Gasteiger partial charge is 0.317 e. The minimum Gasteiger partial charge on any atom is -0.393 e. The summed E-state index contributed by atoms with van der Waals surface area (Å²) in [4.78, 5) is 23.6. The van der Waals surface area contributed by atoms with Crippen LogP contribution in [0.5, 0.6) is 0 Å². The standard InChI is InChI=1S/C15H20O3/c1-15(2)7-5-10-8(11(15)6-7)3-4-9-12(10)14(17)18-13(9)16/h7-12H,3-6H2,1-2H3/t7-,8-,9+,10+,11-,12-/m0/s1. The second kappa shape index (κ2) is 3.17. The van der Waals surface area contributed by atoms with Crippen LogP contribution in [0.1, 0.15) is 39.5 Å². The molecule has 0 unspecified atom stereocenters. The third kappa shape index (κ3) is 1.11. The summed E-state index contributed by atoms with van der Waals surface area (Å²) in [6, 6.07) is 0.